The molecule has 0 aromatic carbocycles. The first-order valence-electron chi connectivity index (χ1n) is 6.71. The molecule has 1 amide bonds. The molecule has 0 aliphatic rings. The third kappa shape index (κ3) is 3.93. The summed E-state index contributed by atoms with van der Waals surface area (Å²) in [5.74, 6) is 0.139. The van der Waals surface area contributed by atoms with Gasteiger partial charge in [0.2, 0.25) is 10.0 Å². The molecule has 0 aliphatic heterocycles. The smallest absolute Gasteiger partial charge is 0.261 e. The number of amides is 1. The van der Waals surface area contributed by atoms with Gasteiger partial charge in [-0.15, -0.1) is 11.3 Å². The van der Waals surface area contributed by atoms with E-state index in [0.717, 1.165) is 29.9 Å². The van der Waals surface area contributed by atoms with Gasteiger partial charge in [0.25, 0.3) is 5.91 Å². The lowest BCUT2D eigenvalue weighted by Gasteiger charge is -2.01. The quantitative estimate of drug-likeness (QED) is 0.794. The van der Waals surface area contributed by atoms with Crippen molar-refractivity contribution in [2.45, 2.75) is 31.2 Å². The van der Waals surface area contributed by atoms with Crippen LogP contribution in [0.4, 0.5) is 0 Å². The molecule has 0 spiro atoms. The van der Waals surface area contributed by atoms with Gasteiger partial charge in [-0.25, -0.2) is 13.1 Å². The molecule has 0 atom stereocenters. The van der Waals surface area contributed by atoms with Gasteiger partial charge in [0.05, 0.1) is 22.0 Å². The molecule has 0 aliphatic carbocycles. The minimum Gasteiger partial charge on any atom is -0.360 e. The Hall–Kier alpha value is -1.71. The summed E-state index contributed by atoms with van der Waals surface area (Å²) in [7, 11) is -2.20. The highest BCUT2D eigenvalue weighted by atomic mass is 32.2. The van der Waals surface area contributed by atoms with Crippen molar-refractivity contribution in [1.82, 2.24) is 15.2 Å². The van der Waals surface area contributed by atoms with Crippen molar-refractivity contribution in [3.8, 4) is 0 Å². The van der Waals surface area contributed by atoms with E-state index in [-0.39, 0.29) is 17.3 Å². The molecule has 0 unspecified atom stereocenters. The molecule has 9 heteroatoms. The van der Waals surface area contributed by atoms with Gasteiger partial charge in [-0.1, -0.05) is 18.5 Å². The van der Waals surface area contributed by atoms with Crippen LogP contribution in [0.2, 0.25) is 0 Å². The maximum Gasteiger partial charge on any atom is 0.261 e. The van der Waals surface area contributed by atoms with E-state index in [2.05, 4.69) is 15.2 Å². The van der Waals surface area contributed by atoms with Gasteiger partial charge in [0, 0.05) is 18.5 Å². The van der Waals surface area contributed by atoms with Crippen LogP contribution in [0.25, 0.3) is 0 Å². The van der Waals surface area contributed by atoms with Crippen molar-refractivity contribution < 1.29 is 17.7 Å². The third-order valence-electron chi connectivity index (χ3n) is 2.89. The van der Waals surface area contributed by atoms with Crippen LogP contribution >= 0.6 is 11.3 Å². The molecule has 0 bridgehead atoms. The van der Waals surface area contributed by atoms with Gasteiger partial charge < -0.3 is 9.84 Å². The molecule has 0 radical (unpaired) electrons. The van der Waals surface area contributed by atoms with Gasteiger partial charge in [-0.2, -0.15) is 0 Å². The molecule has 2 N–H and O–H groups in total. The van der Waals surface area contributed by atoms with E-state index in [1.54, 1.807) is 6.07 Å². The largest absolute Gasteiger partial charge is 0.360 e. The van der Waals surface area contributed by atoms with Crippen molar-refractivity contribution in [2.75, 3.05) is 7.05 Å². The Morgan fingerprint density at radius 1 is 1.41 bits per heavy atom. The maximum atomic E-state index is 12.2. The van der Waals surface area contributed by atoms with Crippen molar-refractivity contribution in [3.05, 3.63) is 33.8 Å². The lowest BCUT2D eigenvalue weighted by atomic mass is 10.2. The van der Waals surface area contributed by atoms with Crippen molar-refractivity contribution in [1.29, 1.82) is 0 Å². The van der Waals surface area contributed by atoms with Crippen LogP contribution in [0.3, 0.4) is 0 Å². The molecule has 0 saturated carbocycles. The van der Waals surface area contributed by atoms with Crippen LogP contribution in [0, 0.1) is 0 Å². The fraction of sp³-hybridized carbons (Fsp3) is 0.385. The fourth-order valence-corrected chi connectivity index (χ4v) is 3.98. The predicted octanol–water partition coefficient (Wildman–Crippen LogP) is 1.53. The van der Waals surface area contributed by atoms with Gasteiger partial charge in [-0.05, 0) is 12.5 Å². The Kier molecular flexibility index (Phi) is 5.33. The van der Waals surface area contributed by atoms with Gasteiger partial charge in [-0.3, -0.25) is 4.79 Å². The SMILES string of the molecule is CCCc1cc(CNS(=O)(=O)c2csc(C(=O)NC)c2)on1. The van der Waals surface area contributed by atoms with Gasteiger partial charge in [0.15, 0.2) is 5.76 Å². The highest BCUT2D eigenvalue weighted by Gasteiger charge is 2.19. The lowest BCUT2D eigenvalue weighted by molar-refractivity contribution is 0.0967. The Balaban J connectivity index is 2.04. The second kappa shape index (κ2) is 7.03. The number of carbonyl (C=O) groups is 1. The topological polar surface area (TPSA) is 101 Å². The highest BCUT2D eigenvalue weighted by molar-refractivity contribution is 7.89. The zero-order chi connectivity index (χ0) is 16.2. The summed E-state index contributed by atoms with van der Waals surface area (Å²) in [6.07, 6.45) is 1.73. The van der Waals surface area contributed by atoms with Crippen LogP contribution in [-0.4, -0.2) is 26.5 Å². The van der Waals surface area contributed by atoms with E-state index in [1.165, 1.54) is 18.5 Å². The maximum absolute atomic E-state index is 12.2. The molecular weight excluding hydrogens is 326 g/mol. The van der Waals surface area contributed by atoms with Crippen LogP contribution < -0.4 is 10.0 Å². The highest BCUT2D eigenvalue weighted by Crippen LogP contribution is 2.19. The first-order valence-corrected chi connectivity index (χ1v) is 9.07. The number of hydrogen-bond donors (Lipinski definition) is 2. The normalized spacial score (nSPS) is 11.5. The number of rotatable bonds is 7. The van der Waals surface area contributed by atoms with E-state index in [4.69, 9.17) is 4.52 Å². The van der Waals surface area contributed by atoms with Crippen molar-refractivity contribution >= 4 is 27.3 Å². The van der Waals surface area contributed by atoms with Crippen LogP contribution in [0.5, 0.6) is 0 Å². The summed E-state index contributed by atoms with van der Waals surface area (Å²) in [6, 6.07) is 3.07. The average molecular weight is 343 g/mol. The number of sulfonamides is 1. The summed E-state index contributed by atoms with van der Waals surface area (Å²) in [5.41, 5.74) is 0.800. The number of carbonyl (C=O) groups excluding carboxylic acids is 1. The van der Waals surface area contributed by atoms with Crippen molar-refractivity contribution in [3.63, 3.8) is 0 Å². The van der Waals surface area contributed by atoms with E-state index >= 15 is 0 Å². The summed E-state index contributed by atoms with van der Waals surface area (Å²) in [5, 5.41) is 7.73. The summed E-state index contributed by atoms with van der Waals surface area (Å²) >= 11 is 1.07. The summed E-state index contributed by atoms with van der Waals surface area (Å²) in [6.45, 7) is 2.04. The lowest BCUT2D eigenvalue weighted by Crippen LogP contribution is -2.22. The number of aromatic nitrogens is 1. The van der Waals surface area contributed by atoms with Crippen LogP contribution in [0.15, 0.2) is 26.9 Å². The number of hydrogen-bond acceptors (Lipinski definition) is 6. The summed E-state index contributed by atoms with van der Waals surface area (Å²) in [4.78, 5) is 11.9. The Labute approximate surface area is 132 Å². The molecule has 0 saturated heterocycles. The van der Waals surface area contributed by atoms with Gasteiger partial charge >= 0.3 is 0 Å². The van der Waals surface area contributed by atoms with E-state index in [1.807, 2.05) is 6.92 Å². The molecule has 120 valence electrons. The number of aryl methyl sites for hydroxylation is 1. The first-order chi connectivity index (χ1) is 10.5. The number of nitrogens with zero attached hydrogens (tertiary/aromatic N) is 1. The molecule has 2 rings (SSSR count). The van der Waals surface area contributed by atoms with Crippen molar-refractivity contribution in [2.24, 2.45) is 0 Å². The Morgan fingerprint density at radius 2 is 2.18 bits per heavy atom. The molecule has 7 nitrogen and oxygen atoms in total. The second-order valence-electron chi connectivity index (χ2n) is 4.58. The Morgan fingerprint density at radius 3 is 2.86 bits per heavy atom. The van der Waals surface area contributed by atoms with E-state index in [0.29, 0.717) is 10.6 Å². The zero-order valence-corrected chi connectivity index (χ0v) is 13.9. The van der Waals surface area contributed by atoms with Gasteiger partial charge in [0.1, 0.15) is 0 Å². The molecule has 2 aromatic heterocycles. The molecule has 22 heavy (non-hydrogen) atoms. The minimum atomic E-state index is -3.69. The van der Waals surface area contributed by atoms with Crippen LogP contribution in [-0.2, 0) is 23.0 Å². The third-order valence-corrected chi connectivity index (χ3v) is 5.35. The molecule has 2 aromatic rings. The predicted molar refractivity (Wildman–Crippen MR) is 82.2 cm³/mol. The summed E-state index contributed by atoms with van der Waals surface area (Å²) < 4.78 is 31.8. The fourth-order valence-electron chi connectivity index (χ4n) is 1.76. The Bertz CT molecular complexity index is 749. The average Bonchev–Trinajstić information content (AvgIpc) is 3.14. The van der Waals surface area contributed by atoms with E-state index in [9.17, 15) is 13.2 Å². The number of nitrogens with one attached hydrogen (secondary N) is 2. The van der Waals surface area contributed by atoms with Crippen LogP contribution in [0.1, 0.15) is 34.5 Å². The molecule has 2 heterocycles. The minimum absolute atomic E-state index is 0.0181. The second-order valence-corrected chi connectivity index (χ2v) is 7.26. The monoisotopic (exact) mass is 343 g/mol. The van der Waals surface area contributed by atoms with E-state index < -0.39 is 10.0 Å². The molecular formula is C13H17N3O4S2. The molecule has 0 fully saturated rings. The zero-order valence-electron chi connectivity index (χ0n) is 12.3. The number of thiophene rings is 1. The first kappa shape index (κ1) is 16.7. The standard InChI is InChI=1S/C13H17N3O4S2/c1-3-4-9-5-10(20-16-9)7-15-22(18,19)11-6-12(21-8-11)13(17)14-2/h5-6,8,15H,3-4,7H2,1-2H3,(H,14,17).